The number of piperazine rings is 1. The number of halogens is 3. The van der Waals surface area contributed by atoms with Crippen molar-refractivity contribution in [2.75, 3.05) is 62.6 Å². The van der Waals surface area contributed by atoms with Crippen molar-refractivity contribution in [3.05, 3.63) is 117 Å². The molecule has 5 heterocycles. The van der Waals surface area contributed by atoms with E-state index in [4.69, 9.17) is 21.1 Å². The summed E-state index contributed by atoms with van der Waals surface area (Å²) in [6, 6.07) is 17.8. The third-order valence-corrected chi connectivity index (χ3v) is 16.0. The van der Waals surface area contributed by atoms with E-state index in [-0.39, 0.29) is 41.7 Å². The highest BCUT2D eigenvalue weighted by molar-refractivity contribution is 7.90. The molecule has 70 heavy (non-hydrogen) atoms. The number of nitrogens with zero attached hydrogens (tertiary/aromatic N) is 5. The second kappa shape index (κ2) is 20.2. The summed E-state index contributed by atoms with van der Waals surface area (Å²) < 4.78 is 73.0. The normalized spacial score (nSPS) is 19.8. The molecule has 3 saturated heterocycles. The Balaban J connectivity index is 0.922. The summed E-state index contributed by atoms with van der Waals surface area (Å²) in [7, 11) is -4.92. The minimum atomic E-state index is -4.92. The number of pyridine rings is 1. The third kappa shape index (κ3) is 10.7. The molecule has 0 bridgehead atoms. The van der Waals surface area contributed by atoms with Crippen LogP contribution in [0.25, 0.3) is 16.6 Å². The number of likely N-dealkylation sites (tertiary alicyclic amines) is 1. The zero-order valence-electron chi connectivity index (χ0n) is 39.6. The van der Waals surface area contributed by atoms with E-state index in [0.29, 0.717) is 61.5 Å². The number of ether oxygens (including phenoxy) is 2. The molecule has 3 aliphatic heterocycles. The number of nitrogens with one attached hydrogen (secondary N) is 3. The van der Waals surface area contributed by atoms with Crippen LogP contribution in [0.2, 0.25) is 5.02 Å². The van der Waals surface area contributed by atoms with Gasteiger partial charge < -0.3 is 24.7 Å². The molecule has 4 fully saturated rings. The van der Waals surface area contributed by atoms with E-state index in [1.165, 1.54) is 35.4 Å². The number of H-pyrrole nitrogens is 1. The minimum Gasteiger partial charge on any atom is -0.455 e. The summed E-state index contributed by atoms with van der Waals surface area (Å²) in [6.07, 6.45) is 9.55. The number of allylic oxidation sites excluding steroid dienone is 1. The van der Waals surface area contributed by atoms with Crippen LogP contribution in [0.3, 0.4) is 0 Å². The lowest BCUT2D eigenvalue weighted by Gasteiger charge is -2.54. The van der Waals surface area contributed by atoms with Crippen molar-refractivity contribution in [2.24, 2.45) is 5.92 Å². The van der Waals surface area contributed by atoms with E-state index in [0.717, 1.165) is 56.3 Å². The SMILES string of the molecule is C/C(CC1(N2CCN(c3ccc(C(=O)NS(=O)(=O)c4cc(F)c(NCC5(F)CCN(C6CCO6)CC5)c([N+](=O)[O-])c4)c(Oc4cnc5[nH]ccc5c4)c3)CC2)CCC1)=C(\CC(C)C)c1ccc(Cl)cc1. The Morgan fingerprint density at radius 2 is 1.76 bits per heavy atom. The predicted octanol–water partition coefficient (Wildman–Crippen LogP) is 10.1. The molecule has 15 nitrogen and oxygen atoms in total. The molecule has 19 heteroatoms. The van der Waals surface area contributed by atoms with Crippen LogP contribution in [0.5, 0.6) is 11.5 Å². The van der Waals surface area contributed by atoms with Gasteiger partial charge in [-0.05, 0) is 111 Å². The van der Waals surface area contributed by atoms with Crippen LogP contribution in [0, 0.1) is 21.8 Å². The number of sulfonamides is 1. The van der Waals surface area contributed by atoms with E-state index in [9.17, 15) is 23.3 Å². The number of piperidine rings is 1. The van der Waals surface area contributed by atoms with E-state index in [1.54, 1.807) is 24.4 Å². The average Bonchev–Trinajstić information content (AvgIpc) is 3.77. The van der Waals surface area contributed by atoms with Gasteiger partial charge in [-0.3, -0.25) is 24.7 Å². The summed E-state index contributed by atoms with van der Waals surface area (Å²) in [5.74, 6) is -1.61. The van der Waals surface area contributed by atoms with E-state index < -0.39 is 55.2 Å². The Morgan fingerprint density at radius 3 is 2.40 bits per heavy atom. The number of aromatic nitrogens is 2. The van der Waals surface area contributed by atoms with Gasteiger partial charge in [0.1, 0.15) is 34.7 Å². The van der Waals surface area contributed by atoms with Crippen LogP contribution in [0.15, 0.2) is 89.6 Å². The summed E-state index contributed by atoms with van der Waals surface area (Å²) in [4.78, 5) is 38.8. The molecule has 3 N–H and O–H groups in total. The van der Waals surface area contributed by atoms with Crippen molar-refractivity contribution in [3.63, 3.8) is 0 Å². The van der Waals surface area contributed by atoms with Crippen molar-refractivity contribution in [1.29, 1.82) is 0 Å². The molecule has 1 unspecified atom stereocenters. The fraction of sp³-hybridized carbons (Fsp3) is 0.451. The van der Waals surface area contributed by atoms with E-state index in [2.05, 4.69) is 58.0 Å². The lowest BCUT2D eigenvalue weighted by atomic mass is 9.70. The molecule has 372 valence electrons. The van der Waals surface area contributed by atoms with Gasteiger partial charge in [-0.1, -0.05) is 43.2 Å². The molecular weight excluding hydrogens is 942 g/mol. The van der Waals surface area contributed by atoms with Crippen molar-refractivity contribution in [2.45, 2.75) is 94.5 Å². The maximum Gasteiger partial charge on any atom is 0.296 e. The Hall–Kier alpha value is -5.66. The molecular formula is C51H59ClF2N8O7S. The molecule has 0 spiro atoms. The van der Waals surface area contributed by atoms with Crippen LogP contribution in [-0.2, 0) is 14.8 Å². The summed E-state index contributed by atoms with van der Waals surface area (Å²) in [5, 5.41) is 16.2. The van der Waals surface area contributed by atoms with Crippen LogP contribution >= 0.6 is 11.6 Å². The van der Waals surface area contributed by atoms with Gasteiger partial charge in [0.2, 0.25) is 0 Å². The maximum atomic E-state index is 15.8. The Labute approximate surface area is 411 Å². The number of hydrogen-bond donors (Lipinski definition) is 3. The van der Waals surface area contributed by atoms with Crippen LogP contribution in [0.1, 0.15) is 88.1 Å². The number of alkyl halides is 1. The number of nitro groups is 1. The van der Waals surface area contributed by atoms with Gasteiger partial charge in [0.05, 0.1) is 28.2 Å². The largest absolute Gasteiger partial charge is 0.455 e. The van der Waals surface area contributed by atoms with Gasteiger partial charge in [-0.25, -0.2) is 26.9 Å². The molecule has 1 atom stereocenters. The molecule has 3 aromatic carbocycles. The van der Waals surface area contributed by atoms with Crippen LogP contribution < -0.4 is 19.7 Å². The highest BCUT2D eigenvalue weighted by Gasteiger charge is 2.44. The highest BCUT2D eigenvalue weighted by Crippen LogP contribution is 2.45. The van der Waals surface area contributed by atoms with Gasteiger partial charge in [0.15, 0.2) is 5.82 Å². The van der Waals surface area contributed by atoms with Gasteiger partial charge in [0, 0.05) is 92.2 Å². The summed E-state index contributed by atoms with van der Waals surface area (Å²) >= 11 is 6.26. The number of amides is 1. The lowest BCUT2D eigenvalue weighted by molar-refractivity contribution is -0.384. The Kier molecular flexibility index (Phi) is 14.2. The molecule has 2 aromatic heterocycles. The number of carbonyl (C=O) groups excluding carboxylic acids is 1. The van der Waals surface area contributed by atoms with Gasteiger partial charge in [-0.15, -0.1) is 0 Å². The zero-order valence-corrected chi connectivity index (χ0v) is 41.2. The fourth-order valence-electron chi connectivity index (χ4n) is 10.3. The standard InChI is InChI=1S/C51H59ClF2N8O7S/c1-33(2)25-42(35-5-7-37(52)8-6-35)34(3)30-51(13-4-14-51)61-22-20-59(21-23-61)38-9-10-41(45(27-38)69-39-26-36-11-17-55-48(36)56-31-39)49(63)58-70(66,67)40-28-43(53)47(44(29-40)62(64)65)57-32-50(54)15-18-60(19-16-50)46-12-24-68-46/h5-11,17,26-29,31,33,46,57H,4,12-16,18-25,30,32H2,1-3H3,(H,55,56)(H,58,63)/b42-34-. The molecule has 1 saturated carbocycles. The number of nitro benzene ring substituents is 1. The van der Waals surface area contributed by atoms with E-state index in [1.807, 2.05) is 27.8 Å². The molecule has 1 amide bonds. The number of aromatic amines is 1. The lowest BCUT2D eigenvalue weighted by Crippen LogP contribution is -2.60. The number of hydrogen-bond acceptors (Lipinski definition) is 12. The van der Waals surface area contributed by atoms with Crippen LogP contribution in [0.4, 0.5) is 25.8 Å². The minimum absolute atomic E-state index is 0.0309. The topological polar surface area (TPSA) is 175 Å². The second-order valence-electron chi connectivity index (χ2n) is 19.6. The maximum absolute atomic E-state index is 15.8. The number of fused-ring (bicyclic) bond motifs is 1. The third-order valence-electron chi connectivity index (χ3n) is 14.5. The molecule has 0 radical (unpaired) electrons. The average molecular weight is 1000 g/mol. The van der Waals surface area contributed by atoms with Gasteiger partial charge in [-0.2, -0.15) is 0 Å². The molecule has 4 aliphatic rings. The first kappa shape index (κ1) is 49.3. The molecule has 5 aromatic rings. The Morgan fingerprint density at radius 1 is 1.03 bits per heavy atom. The van der Waals surface area contributed by atoms with Crippen molar-refractivity contribution < 1.29 is 36.4 Å². The monoisotopic (exact) mass is 1000 g/mol. The predicted molar refractivity (Wildman–Crippen MR) is 266 cm³/mol. The number of rotatable bonds is 17. The molecule has 1 aliphatic carbocycles. The fourth-order valence-corrected chi connectivity index (χ4v) is 11.5. The summed E-state index contributed by atoms with van der Waals surface area (Å²) in [5.41, 5.74) is 1.86. The van der Waals surface area contributed by atoms with Crippen LogP contribution in [-0.4, -0.2) is 109 Å². The summed E-state index contributed by atoms with van der Waals surface area (Å²) in [6.45, 7) is 10.8. The van der Waals surface area contributed by atoms with Crippen molar-refractivity contribution >= 4 is 61.2 Å². The van der Waals surface area contributed by atoms with Crippen molar-refractivity contribution in [1.82, 2.24) is 24.5 Å². The number of benzene rings is 3. The first-order valence-corrected chi connectivity index (χ1v) is 25.9. The van der Waals surface area contributed by atoms with Crippen molar-refractivity contribution in [3.8, 4) is 11.5 Å². The zero-order chi connectivity index (χ0) is 49.4. The van der Waals surface area contributed by atoms with E-state index >= 15 is 8.78 Å². The number of anilines is 2. The van der Waals surface area contributed by atoms with Gasteiger partial charge in [0.25, 0.3) is 21.6 Å². The quantitative estimate of drug-likeness (QED) is 0.0595. The highest BCUT2D eigenvalue weighted by atomic mass is 35.5. The van der Waals surface area contributed by atoms with Gasteiger partial charge >= 0.3 is 0 Å². The smallest absolute Gasteiger partial charge is 0.296 e. The first-order valence-electron chi connectivity index (χ1n) is 24.0. The Bertz CT molecular complexity index is 2890. The number of carbonyl (C=O) groups is 1. The molecule has 9 rings (SSSR count). The first-order chi connectivity index (χ1) is 33.5. The second-order valence-corrected chi connectivity index (χ2v) is 21.7.